The van der Waals surface area contributed by atoms with E-state index in [1.165, 1.54) is 0 Å². The van der Waals surface area contributed by atoms with Crippen LogP contribution in [0.3, 0.4) is 0 Å². The zero-order valence-electron chi connectivity index (χ0n) is 9.26. The van der Waals surface area contributed by atoms with E-state index in [1.54, 1.807) is 22.8 Å². The maximum absolute atomic E-state index is 11.2. The molecule has 0 unspecified atom stereocenters. The summed E-state index contributed by atoms with van der Waals surface area (Å²) >= 11 is 0. The highest BCUT2D eigenvalue weighted by atomic mass is 16.4. The van der Waals surface area contributed by atoms with Crippen molar-refractivity contribution in [2.45, 2.75) is 19.4 Å². The Morgan fingerprint density at radius 2 is 2.18 bits per heavy atom. The van der Waals surface area contributed by atoms with Gasteiger partial charge in [0.25, 0.3) is 0 Å². The van der Waals surface area contributed by atoms with Gasteiger partial charge in [0.2, 0.25) is 0 Å². The topological polar surface area (TPSA) is 62.5 Å². The van der Waals surface area contributed by atoms with Crippen molar-refractivity contribution in [3.8, 4) is 5.75 Å². The first-order valence-corrected chi connectivity index (χ1v) is 5.71. The number of nitrogens with zero attached hydrogens (tertiary/aromatic N) is 1. The van der Waals surface area contributed by atoms with Crippen LogP contribution in [-0.4, -0.2) is 20.7 Å². The van der Waals surface area contributed by atoms with Crippen LogP contribution in [0, 0.1) is 5.92 Å². The van der Waals surface area contributed by atoms with Crippen molar-refractivity contribution in [1.82, 2.24) is 4.57 Å². The number of benzene rings is 1. The van der Waals surface area contributed by atoms with E-state index < -0.39 is 5.97 Å². The van der Waals surface area contributed by atoms with E-state index in [0.717, 1.165) is 18.2 Å². The van der Waals surface area contributed by atoms with Crippen molar-refractivity contribution in [3.63, 3.8) is 0 Å². The number of rotatable bonds is 3. The number of carboxylic acids is 1. The molecule has 1 aliphatic carbocycles. The van der Waals surface area contributed by atoms with Gasteiger partial charge in [-0.25, -0.2) is 4.79 Å². The molecule has 3 rings (SSSR count). The Balaban J connectivity index is 2.24. The lowest BCUT2D eigenvalue weighted by Crippen LogP contribution is -2.09. The van der Waals surface area contributed by atoms with Crippen molar-refractivity contribution in [3.05, 3.63) is 30.0 Å². The Hall–Kier alpha value is -1.97. The van der Waals surface area contributed by atoms with Crippen molar-refractivity contribution in [1.29, 1.82) is 0 Å². The molecule has 2 N–H and O–H groups in total. The van der Waals surface area contributed by atoms with Crippen LogP contribution < -0.4 is 0 Å². The van der Waals surface area contributed by atoms with Crippen molar-refractivity contribution >= 4 is 16.9 Å². The Kier molecular flexibility index (Phi) is 2.11. The Morgan fingerprint density at radius 3 is 2.82 bits per heavy atom. The Labute approximate surface area is 98.1 Å². The molecule has 2 aromatic rings. The summed E-state index contributed by atoms with van der Waals surface area (Å²) in [5.41, 5.74) is 0.894. The summed E-state index contributed by atoms with van der Waals surface area (Å²) in [5.74, 6) is -0.236. The number of para-hydroxylation sites is 1. The molecule has 1 saturated carbocycles. The first kappa shape index (κ1) is 10.2. The van der Waals surface area contributed by atoms with Gasteiger partial charge in [-0.15, -0.1) is 0 Å². The summed E-state index contributed by atoms with van der Waals surface area (Å²) in [7, 11) is 0. The van der Waals surface area contributed by atoms with Gasteiger partial charge in [0.15, 0.2) is 0 Å². The number of phenolic OH excluding ortho intramolecular Hbond substituents is 1. The van der Waals surface area contributed by atoms with Crippen molar-refractivity contribution in [2.75, 3.05) is 0 Å². The minimum absolute atomic E-state index is 0.149. The molecular formula is C13H13NO3. The third kappa shape index (κ3) is 1.65. The molecule has 0 bridgehead atoms. The monoisotopic (exact) mass is 231 g/mol. The van der Waals surface area contributed by atoms with Crippen LogP contribution >= 0.6 is 0 Å². The van der Waals surface area contributed by atoms with Gasteiger partial charge in [-0.3, -0.25) is 0 Å². The van der Waals surface area contributed by atoms with Gasteiger partial charge in [0.05, 0.1) is 5.52 Å². The quantitative estimate of drug-likeness (QED) is 0.852. The number of hydrogen-bond acceptors (Lipinski definition) is 2. The molecule has 1 aromatic heterocycles. The number of phenols is 1. The molecule has 1 heterocycles. The highest BCUT2D eigenvalue weighted by Crippen LogP contribution is 2.35. The minimum atomic E-state index is -0.943. The zero-order valence-corrected chi connectivity index (χ0v) is 9.26. The van der Waals surface area contributed by atoms with E-state index in [-0.39, 0.29) is 11.4 Å². The van der Waals surface area contributed by atoms with Crippen LogP contribution in [0.1, 0.15) is 23.3 Å². The van der Waals surface area contributed by atoms with Crippen LogP contribution in [0.25, 0.3) is 10.9 Å². The normalized spacial score (nSPS) is 15.3. The van der Waals surface area contributed by atoms with Crippen LogP contribution in [0.2, 0.25) is 0 Å². The van der Waals surface area contributed by atoms with Gasteiger partial charge in [0, 0.05) is 11.9 Å². The lowest BCUT2D eigenvalue weighted by Gasteiger charge is -2.08. The largest absolute Gasteiger partial charge is 0.506 e. The van der Waals surface area contributed by atoms with E-state index in [0.29, 0.717) is 18.0 Å². The molecule has 4 nitrogen and oxygen atoms in total. The molecule has 0 amide bonds. The third-order valence-electron chi connectivity index (χ3n) is 3.26. The first-order chi connectivity index (χ1) is 8.16. The van der Waals surface area contributed by atoms with Gasteiger partial charge in [-0.1, -0.05) is 12.1 Å². The number of carboxylic acid groups (broad SMARTS) is 1. The number of fused-ring (bicyclic) bond motifs is 1. The van der Waals surface area contributed by atoms with Crippen molar-refractivity contribution in [2.24, 2.45) is 5.92 Å². The van der Waals surface area contributed by atoms with Crippen LogP contribution in [0.15, 0.2) is 24.3 Å². The summed E-state index contributed by atoms with van der Waals surface area (Å²) in [6.45, 7) is 0.683. The van der Waals surface area contributed by atoms with Crippen LogP contribution in [0.5, 0.6) is 5.75 Å². The number of hydrogen-bond donors (Lipinski definition) is 2. The Bertz CT molecular complexity index is 596. The van der Waals surface area contributed by atoms with Gasteiger partial charge in [0.1, 0.15) is 11.4 Å². The molecule has 1 aliphatic rings. The number of aromatic nitrogens is 1. The van der Waals surface area contributed by atoms with E-state index >= 15 is 0 Å². The number of aromatic carboxylic acids is 1. The van der Waals surface area contributed by atoms with Crippen LogP contribution in [0.4, 0.5) is 0 Å². The highest BCUT2D eigenvalue weighted by Gasteiger charge is 2.25. The van der Waals surface area contributed by atoms with Gasteiger partial charge < -0.3 is 14.8 Å². The lowest BCUT2D eigenvalue weighted by molar-refractivity contribution is 0.0685. The van der Waals surface area contributed by atoms with E-state index in [4.69, 9.17) is 0 Å². The van der Waals surface area contributed by atoms with E-state index in [2.05, 4.69) is 0 Å². The molecule has 0 radical (unpaired) electrons. The summed E-state index contributed by atoms with van der Waals surface area (Å²) in [6, 6.07) is 6.77. The molecule has 4 heteroatoms. The molecule has 0 aliphatic heterocycles. The maximum atomic E-state index is 11.2. The highest BCUT2D eigenvalue weighted by molar-refractivity contribution is 5.96. The Morgan fingerprint density at radius 1 is 1.41 bits per heavy atom. The van der Waals surface area contributed by atoms with Gasteiger partial charge in [-0.05, 0) is 30.9 Å². The summed E-state index contributed by atoms with van der Waals surface area (Å²) < 4.78 is 1.73. The summed E-state index contributed by atoms with van der Waals surface area (Å²) in [5, 5.41) is 19.8. The fraction of sp³-hybridized carbons (Fsp3) is 0.308. The standard InChI is InChI=1S/C13H13NO3/c15-11-3-1-2-9-6-10(13(16)17)14(12(9)11)7-8-4-5-8/h1-3,6,8,15H,4-5,7H2,(H,16,17). The van der Waals surface area contributed by atoms with Crippen LogP contribution in [-0.2, 0) is 6.54 Å². The van der Waals surface area contributed by atoms with Gasteiger partial charge in [-0.2, -0.15) is 0 Å². The molecule has 0 saturated heterocycles. The molecule has 17 heavy (non-hydrogen) atoms. The summed E-state index contributed by atoms with van der Waals surface area (Å²) in [4.78, 5) is 11.2. The lowest BCUT2D eigenvalue weighted by atomic mass is 10.2. The maximum Gasteiger partial charge on any atom is 0.352 e. The SMILES string of the molecule is O=C(O)c1cc2cccc(O)c2n1CC1CC1. The summed E-state index contributed by atoms with van der Waals surface area (Å²) in [6.07, 6.45) is 2.29. The number of aromatic hydroxyl groups is 1. The fourth-order valence-corrected chi connectivity index (χ4v) is 2.23. The average Bonchev–Trinajstić information content (AvgIpc) is 2.99. The minimum Gasteiger partial charge on any atom is -0.506 e. The van der Waals surface area contributed by atoms with Crippen molar-refractivity contribution < 1.29 is 15.0 Å². The smallest absolute Gasteiger partial charge is 0.352 e. The second-order valence-electron chi connectivity index (χ2n) is 4.60. The van der Waals surface area contributed by atoms with E-state index in [9.17, 15) is 15.0 Å². The molecule has 1 fully saturated rings. The molecular weight excluding hydrogens is 218 g/mol. The molecule has 1 aromatic carbocycles. The van der Waals surface area contributed by atoms with Gasteiger partial charge >= 0.3 is 5.97 Å². The second kappa shape index (κ2) is 3.52. The average molecular weight is 231 g/mol. The fourth-order valence-electron chi connectivity index (χ4n) is 2.23. The molecule has 0 spiro atoms. The molecule has 0 atom stereocenters. The predicted octanol–water partition coefficient (Wildman–Crippen LogP) is 2.46. The van der Waals surface area contributed by atoms with E-state index in [1.807, 2.05) is 6.07 Å². The zero-order chi connectivity index (χ0) is 12.0. The number of carbonyl (C=O) groups is 1. The first-order valence-electron chi connectivity index (χ1n) is 5.71. The molecule has 88 valence electrons. The predicted molar refractivity (Wildman–Crippen MR) is 63.3 cm³/mol. The third-order valence-corrected chi connectivity index (χ3v) is 3.26. The second-order valence-corrected chi connectivity index (χ2v) is 4.60.